The average Bonchev–Trinajstić information content (AvgIpc) is 2.40. The molecule has 0 saturated carbocycles. The van der Waals surface area contributed by atoms with Crippen molar-refractivity contribution in [2.75, 3.05) is 39.8 Å². The van der Waals surface area contributed by atoms with Crippen LogP contribution < -0.4 is 5.32 Å². The topological polar surface area (TPSA) is 35.6 Å². The standard InChI is InChI=1S/C14H27N3O.ClH/c1-12-3-9-17(10-4-12)14(18)11-16-7-5-13(15-2)6-8-16;/h12-13,15H,3-11H2,1-2H3;1H. The number of nitrogens with one attached hydrogen (secondary N) is 1. The number of rotatable bonds is 3. The molecule has 2 saturated heterocycles. The van der Waals surface area contributed by atoms with Gasteiger partial charge in [0.2, 0.25) is 5.91 Å². The van der Waals surface area contributed by atoms with Gasteiger partial charge in [0.25, 0.3) is 0 Å². The zero-order valence-electron chi connectivity index (χ0n) is 12.2. The predicted octanol–water partition coefficient (Wildman–Crippen LogP) is 1.35. The van der Waals surface area contributed by atoms with Crippen molar-refractivity contribution in [3.8, 4) is 0 Å². The Kier molecular flexibility index (Phi) is 7.11. The molecular formula is C14H28ClN3O. The second-order valence-corrected chi connectivity index (χ2v) is 5.90. The number of hydrogen-bond acceptors (Lipinski definition) is 3. The van der Waals surface area contributed by atoms with Gasteiger partial charge in [-0.2, -0.15) is 0 Å². The molecule has 1 amide bonds. The van der Waals surface area contributed by atoms with Gasteiger partial charge in [-0.25, -0.2) is 0 Å². The highest BCUT2D eigenvalue weighted by Crippen LogP contribution is 2.17. The summed E-state index contributed by atoms with van der Waals surface area (Å²) in [6, 6.07) is 0.646. The van der Waals surface area contributed by atoms with E-state index in [9.17, 15) is 4.79 Å². The summed E-state index contributed by atoms with van der Waals surface area (Å²) in [4.78, 5) is 16.6. The van der Waals surface area contributed by atoms with Crippen LogP contribution in [-0.2, 0) is 4.79 Å². The first-order valence-electron chi connectivity index (χ1n) is 7.36. The first kappa shape index (κ1) is 16.7. The van der Waals surface area contributed by atoms with E-state index >= 15 is 0 Å². The molecule has 1 N–H and O–H groups in total. The van der Waals surface area contributed by atoms with Gasteiger partial charge in [0.15, 0.2) is 0 Å². The number of piperidine rings is 2. The smallest absolute Gasteiger partial charge is 0.236 e. The van der Waals surface area contributed by atoms with E-state index in [1.54, 1.807) is 0 Å². The molecule has 2 fully saturated rings. The summed E-state index contributed by atoms with van der Waals surface area (Å²) in [7, 11) is 2.03. The molecule has 0 spiro atoms. The van der Waals surface area contributed by atoms with E-state index < -0.39 is 0 Å². The van der Waals surface area contributed by atoms with Crippen molar-refractivity contribution in [2.45, 2.75) is 38.6 Å². The van der Waals surface area contributed by atoms with Crippen molar-refractivity contribution in [3.63, 3.8) is 0 Å². The maximum Gasteiger partial charge on any atom is 0.236 e. The highest BCUT2D eigenvalue weighted by atomic mass is 35.5. The Morgan fingerprint density at radius 3 is 2.21 bits per heavy atom. The Morgan fingerprint density at radius 1 is 1.11 bits per heavy atom. The van der Waals surface area contributed by atoms with E-state index in [2.05, 4.69) is 22.0 Å². The summed E-state index contributed by atoms with van der Waals surface area (Å²) in [5.74, 6) is 1.13. The minimum Gasteiger partial charge on any atom is -0.342 e. The van der Waals surface area contributed by atoms with Gasteiger partial charge in [-0.3, -0.25) is 9.69 Å². The first-order chi connectivity index (χ1) is 8.69. The zero-order valence-corrected chi connectivity index (χ0v) is 13.0. The largest absolute Gasteiger partial charge is 0.342 e. The van der Waals surface area contributed by atoms with E-state index in [1.165, 1.54) is 25.7 Å². The third-order valence-corrected chi connectivity index (χ3v) is 4.49. The van der Waals surface area contributed by atoms with Crippen molar-refractivity contribution in [2.24, 2.45) is 5.92 Å². The third-order valence-electron chi connectivity index (χ3n) is 4.49. The first-order valence-corrected chi connectivity index (χ1v) is 7.36. The minimum absolute atomic E-state index is 0. The van der Waals surface area contributed by atoms with Crippen LogP contribution in [0.2, 0.25) is 0 Å². The van der Waals surface area contributed by atoms with Crippen LogP contribution in [0, 0.1) is 5.92 Å². The molecule has 0 aromatic heterocycles. The molecule has 0 unspecified atom stereocenters. The fraction of sp³-hybridized carbons (Fsp3) is 0.929. The number of carbonyl (C=O) groups excluding carboxylic acids is 1. The maximum absolute atomic E-state index is 12.2. The summed E-state index contributed by atoms with van der Waals surface area (Å²) in [5, 5.41) is 3.32. The summed E-state index contributed by atoms with van der Waals surface area (Å²) in [6.07, 6.45) is 4.68. The number of carbonyl (C=O) groups is 1. The van der Waals surface area contributed by atoms with Crippen LogP contribution in [0.25, 0.3) is 0 Å². The van der Waals surface area contributed by atoms with Crippen molar-refractivity contribution in [1.82, 2.24) is 15.1 Å². The Balaban J connectivity index is 0.00000180. The van der Waals surface area contributed by atoms with Crippen LogP contribution >= 0.6 is 12.4 Å². The lowest BCUT2D eigenvalue weighted by molar-refractivity contribution is -0.134. The van der Waals surface area contributed by atoms with Gasteiger partial charge in [0, 0.05) is 32.2 Å². The predicted molar refractivity (Wildman–Crippen MR) is 80.7 cm³/mol. The van der Waals surface area contributed by atoms with E-state index in [0.29, 0.717) is 18.5 Å². The number of halogens is 1. The molecule has 5 heteroatoms. The average molecular weight is 290 g/mol. The van der Waals surface area contributed by atoms with Gasteiger partial charge in [0.1, 0.15) is 0 Å². The molecule has 2 rings (SSSR count). The van der Waals surface area contributed by atoms with Crippen LogP contribution in [0.5, 0.6) is 0 Å². The number of nitrogens with zero attached hydrogens (tertiary/aromatic N) is 2. The molecule has 0 atom stereocenters. The van der Waals surface area contributed by atoms with E-state index in [-0.39, 0.29) is 12.4 Å². The molecular weight excluding hydrogens is 262 g/mol. The summed E-state index contributed by atoms with van der Waals surface area (Å²) in [6.45, 7) is 6.96. The van der Waals surface area contributed by atoms with Crippen LogP contribution in [0.4, 0.5) is 0 Å². The monoisotopic (exact) mass is 289 g/mol. The van der Waals surface area contributed by atoms with E-state index in [0.717, 1.165) is 32.1 Å². The van der Waals surface area contributed by atoms with Crippen LogP contribution in [0.1, 0.15) is 32.6 Å². The minimum atomic E-state index is 0. The number of likely N-dealkylation sites (tertiary alicyclic amines) is 2. The van der Waals surface area contributed by atoms with Crippen molar-refractivity contribution in [1.29, 1.82) is 0 Å². The molecule has 0 aliphatic carbocycles. The second-order valence-electron chi connectivity index (χ2n) is 5.90. The lowest BCUT2D eigenvalue weighted by atomic mass is 9.99. The van der Waals surface area contributed by atoms with Crippen LogP contribution in [0.3, 0.4) is 0 Å². The lowest BCUT2D eigenvalue weighted by Crippen LogP contribution is -2.47. The van der Waals surface area contributed by atoms with Gasteiger partial charge >= 0.3 is 0 Å². The fourth-order valence-corrected chi connectivity index (χ4v) is 2.93. The molecule has 0 aromatic carbocycles. The van der Waals surface area contributed by atoms with Gasteiger partial charge in [-0.05, 0) is 38.6 Å². The highest BCUT2D eigenvalue weighted by Gasteiger charge is 2.24. The molecule has 0 radical (unpaired) electrons. The fourth-order valence-electron chi connectivity index (χ4n) is 2.93. The maximum atomic E-state index is 12.2. The zero-order chi connectivity index (χ0) is 13.0. The number of amides is 1. The second kappa shape index (κ2) is 8.08. The normalized spacial score (nSPS) is 23.2. The summed E-state index contributed by atoms with van der Waals surface area (Å²) in [5.41, 5.74) is 0. The lowest BCUT2D eigenvalue weighted by Gasteiger charge is -2.35. The van der Waals surface area contributed by atoms with Crippen LogP contribution in [-0.4, -0.2) is 61.5 Å². The van der Waals surface area contributed by atoms with Gasteiger partial charge < -0.3 is 10.2 Å². The van der Waals surface area contributed by atoms with Crippen molar-refractivity contribution >= 4 is 18.3 Å². The SMILES string of the molecule is CNC1CCN(CC(=O)N2CCC(C)CC2)CC1.Cl. The molecule has 2 aliphatic heterocycles. The third kappa shape index (κ3) is 4.93. The Hall–Kier alpha value is -0.320. The number of hydrogen-bond donors (Lipinski definition) is 1. The summed E-state index contributed by atoms with van der Waals surface area (Å²) >= 11 is 0. The van der Waals surface area contributed by atoms with Crippen LogP contribution in [0.15, 0.2) is 0 Å². The molecule has 4 nitrogen and oxygen atoms in total. The van der Waals surface area contributed by atoms with E-state index in [4.69, 9.17) is 0 Å². The Labute approximate surface area is 123 Å². The molecule has 2 aliphatic rings. The van der Waals surface area contributed by atoms with E-state index in [1.807, 2.05) is 7.05 Å². The van der Waals surface area contributed by atoms with Gasteiger partial charge in [-0.1, -0.05) is 6.92 Å². The quantitative estimate of drug-likeness (QED) is 0.852. The summed E-state index contributed by atoms with van der Waals surface area (Å²) < 4.78 is 0. The molecule has 112 valence electrons. The highest BCUT2D eigenvalue weighted by molar-refractivity contribution is 5.85. The molecule has 0 bridgehead atoms. The molecule has 0 aromatic rings. The van der Waals surface area contributed by atoms with Gasteiger partial charge in [0.05, 0.1) is 6.54 Å². The van der Waals surface area contributed by atoms with Crippen molar-refractivity contribution < 1.29 is 4.79 Å². The Bertz CT molecular complexity index is 272. The molecule has 2 heterocycles. The Morgan fingerprint density at radius 2 is 1.68 bits per heavy atom. The van der Waals surface area contributed by atoms with Crippen molar-refractivity contribution in [3.05, 3.63) is 0 Å². The van der Waals surface area contributed by atoms with Gasteiger partial charge in [-0.15, -0.1) is 12.4 Å². The molecule has 19 heavy (non-hydrogen) atoms.